The number of benzene rings is 2. The van der Waals surface area contributed by atoms with Crippen LogP contribution in [0.25, 0.3) is 0 Å². The minimum absolute atomic E-state index is 0.0289. The lowest BCUT2D eigenvalue weighted by Crippen LogP contribution is -2.09. The third-order valence-corrected chi connectivity index (χ3v) is 3.11. The molecule has 3 nitrogen and oxygen atoms in total. The van der Waals surface area contributed by atoms with Crippen molar-refractivity contribution >= 4 is 0 Å². The third kappa shape index (κ3) is 3.70. The fraction of sp³-hybridized carbons (Fsp3) is 0.250. The van der Waals surface area contributed by atoms with Crippen LogP contribution < -0.4 is 15.2 Å². The average Bonchev–Trinajstić information content (AvgIpc) is 2.46. The van der Waals surface area contributed by atoms with E-state index in [4.69, 9.17) is 15.2 Å². The zero-order valence-electron chi connectivity index (χ0n) is 11.9. The van der Waals surface area contributed by atoms with Crippen LogP contribution in [0.15, 0.2) is 36.4 Å². The minimum Gasteiger partial charge on any atom is -0.497 e. The highest BCUT2D eigenvalue weighted by Gasteiger charge is 2.11. The van der Waals surface area contributed by atoms with Gasteiger partial charge in [-0.25, -0.2) is 8.78 Å². The number of rotatable bonds is 5. The molecule has 5 heteroatoms. The Morgan fingerprint density at radius 2 is 1.90 bits per heavy atom. The van der Waals surface area contributed by atoms with Gasteiger partial charge in [0.05, 0.1) is 7.11 Å². The van der Waals surface area contributed by atoms with Crippen LogP contribution in [0.3, 0.4) is 0 Å². The molecule has 0 unspecified atom stereocenters. The summed E-state index contributed by atoms with van der Waals surface area (Å²) < 4.78 is 37.6. The minimum atomic E-state index is -0.418. The summed E-state index contributed by atoms with van der Waals surface area (Å²) in [5.41, 5.74) is 6.71. The maximum Gasteiger partial charge on any atom is 0.133 e. The summed E-state index contributed by atoms with van der Waals surface area (Å²) in [5, 5.41) is 0. The van der Waals surface area contributed by atoms with E-state index >= 15 is 0 Å². The van der Waals surface area contributed by atoms with E-state index in [0.717, 1.165) is 0 Å². The van der Waals surface area contributed by atoms with Gasteiger partial charge in [-0.1, -0.05) is 0 Å². The van der Waals surface area contributed by atoms with Gasteiger partial charge in [0.15, 0.2) is 0 Å². The number of nitrogens with two attached hydrogens (primary N) is 1. The SMILES string of the molecule is COc1ccc(COc2ccc(F)cc2[C@H](C)N)c(F)c1. The smallest absolute Gasteiger partial charge is 0.133 e. The highest BCUT2D eigenvalue weighted by Crippen LogP contribution is 2.26. The van der Waals surface area contributed by atoms with Gasteiger partial charge in [-0.3, -0.25) is 0 Å². The van der Waals surface area contributed by atoms with Crippen LogP contribution in [0.2, 0.25) is 0 Å². The van der Waals surface area contributed by atoms with E-state index in [1.165, 1.54) is 31.4 Å². The summed E-state index contributed by atoms with van der Waals surface area (Å²) in [6, 6.07) is 8.25. The Balaban J connectivity index is 2.16. The summed E-state index contributed by atoms with van der Waals surface area (Å²) in [6.07, 6.45) is 0. The molecule has 2 rings (SSSR count). The van der Waals surface area contributed by atoms with Crippen LogP contribution in [-0.4, -0.2) is 7.11 Å². The van der Waals surface area contributed by atoms with E-state index in [0.29, 0.717) is 22.6 Å². The molecule has 112 valence electrons. The fourth-order valence-corrected chi connectivity index (χ4v) is 1.93. The summed E-state index contributed by atoms with van der Waals surface area (Å²) in [6.45, 7) is 1.76. The maximum absolute atomic E-state index is 13.8. The highest BCUT2D eigenvalue weighted by atomic mass is 19.1. The number of hydrogen-bond acceptors (Lipinski definition) is 3. The van der Waals surface area contributed by atoms with Gasteiger partial charge in [-0.15, -0.1) is 0 Å². The van der Waals surface area contributed by atoms with E-state index in [2.05, 4.69) is 0 Å². The second-order valence-electron chi connectivity index (χ2n) is 4.72. The summed E-state index contributed by atoms with van der Waals surface area (Å²) in [7, 11) is 1.47. The molecule has 0 radical (unpaired) electrons. The van der Waals surface area contributed by atoms with Gasteiger partial charge < -0.3 is 15.2 Å². The van der Waals surface area contributed by atoms with E-state index in [9.17, 15) is 8.78 Å². The van der Waals surface area contributed by atoms with Crippen molar-refractivity contribution in [3.63, 3.8) is 0 Å². The van der Waals surface area contributed by atoms with Gasteiger partial charge in [0, 0.05) is 23.2 Å². The van der Waals surface area contributed by atoms with Gasteiger partial charge in [-0.2, -0.15) is 0 Å². The predicted molar refractivity (Wildman–Crippen MR) is 76.3 cm³/mol. The van der Waals surface area contributed by atoms with Crippen molar-refractivity contribution in [1.82, 2.24) is 0 Å². The molecule has 0 spiro atoms. The van der Waals surface area contributed by atoms with Gasteiger partial charge >= 0.3 is 0 Å². The molecule has 0 fully saturated rings. The summed E-state index contributed by atoms with van der Waals surface area (Å²) >= 11 is 0. The molecular weight excluding hydrogens is 276 g/mol. The van der Waals surface area contributed by atoms with E-state index in [-0.39, 0.29) is 18.5 Å². The molecule has 0 amide bonds. The molecule has 2 aromatic rings. The number of methoxy groups -OCH3 is 1. The van der Waals surface area contributed by atoms with Gasteiger partial charge in [0.2, 0.25) is 0 Å². The first-order valence-electron chi connectivity index (χ1n) is 6.51. The Morgan fingerprint density at radius 1 is 1.14 bits per heavy atom. The van der Waals surface area contributed by atoms with Crippen molar-refractivity contribution in [2.45, 2.75) is 19.6 Å². The molecule has 0 saturated carbocycles. The number of ether oxygens (including phenoxy) is 2. The van der Waals surface area contributed by atoms with Crippen LogP contribution in [0, 0.1) is 11.6 Å². The van der Waals surface area contributed by atoms with E-state index in [1.807, 2.05) is 0 Å². The number of halogens is 2. The first kappa shape index (κ1) is 15.3. The van der Waals surface area contributed by atoms with Crippen molar-refractivity contribution in [3.05, 3.63) is 59.2 Å². The quantitative estimate of drug-likeness (QED) is 0.916. The molecule has 0 saturated heterocycles. The van der Waals surface area contributed by atoms with Crippen molar-refractivity contribution < 1.29 is 18.3 Å². The Morgan fingerprint density at radius 3 is 2.52 bits per heavy atom. The molecule has 0 aliphatic heterocycles. The highest BCUT2D eigenvalue weighted by molar-refractivity contribution is 5.36. The first-order chi connectivity index (χ1) is 10.0. The number of hydrogen-bond donors (Lipinski definition) is 1. The fourth-order valence-electron chi connectivity index (χ4n) is 1.93. The van der Waals surface area contributed by atoms with Crippen molar-refractivity contribution in [3.8, 4) is 11.5 Å². The van der Waals surface area contributed by atoms with Gasteiger partial charge in [0.25, 0.3) is 0 Å². The molecule has 0 bridgehead atoms. The maximum atomic E-state index is 13.8. The lowest BCUT2D eigenvalue weighted by molar-refractivity contribution is 0.294. The predicted octanol–water partition coefficient (Wildman–Crippen LogP) is 3.57. The molecule has 0 aliphatic rings. The van der Waals surface area contributed by atoms with E-state index in [1.54, 1.807) is 19.1 Å². The Kier molecular flexibility index (Phi) is 4.75. The van der Waals surface area contributed by atoms with Gasteiger partial charge in [0.1, 0.15) is 29.7 Å². The van der Waals surface area contributed by atoms with Crippen LogP contribution in [0.1, 0.15) is 24.1 Å². The van der Waals surface area contributed by atoms with Crippen molar-refractivity contribution in [2.24, 2.45) is 5.73 Å². The van der Waals surface area contributed by atoms with Crippen LogP contribution in [0.5, 0.6) is 11.5 Å². The topological polar surface area (TPSA) is 44.5 Å². The second kappa shape index (κ2) is 6.54. The zero-order valence-corrected chi connectivity index (χ0v) is 11.9. The Bertz CT molecular complexity index is 630. The molecule has 0 aromatic heterocycles. The van der Waals surface area contributed by atoms with Gasteiger partial charge in [-0.05, 0) is 37.3 Å². The zero-order chi connectivity index (χ0) is 15.4. The second-order valence-corrected chi connectivity index (χ2v) is 4.72. The van der Waals surface area contributed by atoms with Crippen molar-refractivity contribution in [1.29, 1.82) is 0 Å². The molecule has 2 N–H and O–H groups in total. The van der Waals surface area contributed by atoms with Crippen LogP contribution >= 0.6 is 0 Å². The van der Waals surface area contributed by atoms with Crippen molar-refractivity contribution in [2.75, 3.05) is 7.11 Å². The molecule has 1 atom stereocenters. The lowest BCUT2D eigenvalue weighted by Gasteiger charge is -2.14. The third-order valence-electron chi connectivity index (χ3n) is 3.11. The van der Waals surface area contributed by atoms with Crippen LogP contribution in [0.4, 0.5) is 8.78 Å². The molecule has 0 aliphatic carbocycles. The summed E-state index contributed by atoms with van der Waals surface area (Å²) in [4.78, 5) is 0. The monoisotopic (exact) mass is 293 g/mol. The average molecular weight is 293 g/mol. The standard InChI is InChI=1S/C16H17F2NO2/c1-10(19)14-7-12(17)4-6-16(14)21-9-11-3-5-13(20-2)8-15(11)18/h3-8,10H,9,19H2,1-2H3/t10-/m0/s1. The lowest BCUT2D eigenvalue weighted by atomic mass is 10.1. The Hall–Kier alpha value is -2.14. The summed E-state index contributed by atoms with van der Waals surface area (Å²) in [5.74, 6) is 0.0833. The largest absolute Gasteiger partial charge is 0.497 e. The molecular formula is C16H17F2NO2. The first-order valence-corrected chi connectivity index (χ1v) is 6.51. The molecule has 21 heavy (non-hydrogen) atoms. The normalized spacial score (nSPS) is 12.0. The van der Waals surface area contributed by atoms with Crippen LogP contribution in [-0.2, 0) is 6.61 Å². The molecule has 0 heterocycles. The van der Waals surface area contributed by atoms with E-state index < -0.39 is 5.82 Å². The Labute approximate surface area is 122 Å². The molecule has 2 aromatic carbocycles.